The van der Waals surface area contributed by atoms with Crippen molar-refractivity contribution >= 4 is 11.9 Å². The van der Waals surface area contributed by atoms with Gasteiger partial charge in [-0.25, -0.2) is 4.79 Å². The fourth-order valence-corrected chi connectivity index (χ4v) is 1.93. The van der Waals surface area contributed by atoms with Crippen molar-refractivity contribution in [1.29, 1.82) is 0 Å². The molecule has 0 atom stereocenters. The molecule has 0 spiro atoms. The van der Waals surface area contributed by atoms with Gasteiger partial charge in [0.15, 0.2) is 0 Å². The summed E-state index contributed by atoms with van der Waals surface area (Å²) >= 11 is 0. The van der Waals surface area contributed by atoms with Gasteiger partial charge in [-0.05, 0) is 54.8 Å². The number of hydrogen-bond donors (Lipinski definition) is 2. The Hall–Kier alpha value is -2.62. The van der Waals surface area contributed by atoms with E-state index in [2.05, 4.69) is 5.32 Å². The van der Waals surface area contributed by atoms with Gasteiger partial charge >= 0.3 is 5.97 Å². The van der Waals surface area contributed by atoms with Gasteiger partial charge < -0.3 is 10.4 Å². The molecular weight excluding hydrogens is 266 g/mol. The van der Waals surface area contributed by atoms with Crippen LogP contribution in [0.5, 0.6) is 0 Å². The minimum absolute atomic E-state index is 0.139. The molecule has 4 heteroatoms. The lowest BCUT2D eigenvalue weighted by atomic mass is 10.1. The minimum Gasteiger partial charge on any atom is -0.478 e. The second kappa shape index (κ2) is 6.22. The van der Waals surface area contributed by atoms with Crippen molar-refractivity contribution in [2.45, 2.75) is 20.4 Å². The minimum atomic E-state index is -0.958. The molecule has 0 heterocycles. The molecule has 4 nitrogen and oxygen atoms in total. The lowest BCUT2D eigenvalue weighted by molar-refractivity contribution is 0.0696. The summed E-state index contributed by atoms with van der Waals surface area (Å²) in [7, 11) is 0. The summed E-state index contributed by atoms with van der Waals surface area (Å²) in [6, 6.07) is 12.0. The highest BCUT2D eigenvalue weighted by molar-refractivity contribution is 5.94. The summed E-state index contributed by atoms with van der Waals surface area (Å²) in [5.41, 5.74) is 3.95. The van der Waals surface area contributed by atoms with Crippen molar-refractivity contribution in [1.82, 2.24) is 5.32 Å². The average molecular weight is 283 g/mol. The van der Waals surface area contributed by atoms with Crippen LogP contribution in [0.4, 0.5) is 0 Å². The molecule has 0 aliphatic carbocycles. The number of aromatic carboxylic acids is 1. The van der Waals surface area contributed by atoms with Crippen LogP contribution in [0.3, 0.4) is 0 Å². The molecule has 0 saturated heterocycles. The predicted molar refractivity (Wildman–Crippen MR) is 80.5 cm³/mol. The van der Waals surface area contributed by atoms with E-state index < -0.39 is 5.97 Å². The Labute approximate surface area is 123 Å². The quantitative estimate of drug-likeness (QED) is 0.906. The van der Waals surface area contributed by atoms with Crippen molar-refractivity contribution in [3.63, 3.8) is 0 Å². The normalized spacial score (nSPS) is 10.2. The van der Waals surface area contributed by atoms with Crippen LogP contribution in [0.1, 0.15) is 37.4 Å². The summed E-state index contributed by atoms with van der Waals surface area (Å²) in [6.07, 6.45) is 0. The van der Waals surface area contributed by atoms with E-state index in [1.54, 1.807) is 18.2 Å². The molecule has 0 radical (unpaired) electrons. The van der Waals surface area contributed by atoms with Crippen molar-refractivity contribution < 1.29 is 14.7 Å². The summed E-state index contributed by atoms with van der Waals surface area (Å²) in [4.78, 5) is 22.8. The summed E-state index contributed by atoms with van der Waals surface area (Å²) in [5.74, 6) is -1.10. The fourth-order valence-electron chi connectivity index (χ4n) is 1.93. The highest BCUT2D eigenvalue weighted by atomic mass is 16.4. The fraction of sp³-hybridized carbons (Fsp3) is 0.176. The lowest BCUT2D eigenvalue weighted by Gasteiger charge is -2.07. The Bertz CT molecular complexity index is 675. The van der Waals surface area contributed by atoms with Gasteiger partial charge in [-0.3, -0.25) is 4.79 Å². The molecule has 0 bridgehead atoms. The smallest absolute Gasteiger partial charge is 0.335 e. The number of aryl methyl sites for hydroxylation is 2. The topological polar surface area (TPSA) is 66.4 Å². The van der Waals surface area contributed by atoms with Crippen LogP contribution in [0.15, 0.2) is 42.5 Å². The third kappa shape index (κ3) is 3.69. The number of carboxylic acid groups (broad SMARTS) is 1. The second-order valence-electron chi connectivity index (χ2n) is 4.98. The number of hydrogen-bond acceptors (Lipinski definition) is 2. The third-order valence-electron chi connectivity index (χ3n) is 3.42. The average Bonchev–Trinajstić information content (AvgIpc) is 2.48. The number of carbonyl (C=O) groups excluding carboxylic acids is 1. The highest BCUT2D eigenvalue weighted by Gasteiger charge is 2.07. The van der Waals surface area contributed by atoms with Gasteiger partial charge in [0.2, 0.25) is 0 Å². The van der Waals surface area contributed by atoms with Crippen LogP contribution in [-0.4, -0.2) is 17.0 Å². The van der Waals surface area contributed by atoms with E-state index in [-0.39, 0.29) is 11.5 Å². The van der Waals surface area contributed by atoms with Crippen molar-refractivity contribution in [3.8, 4) is 0 Å². The number of benzene rings is 2. The number of rotatable bonds is 4. The zero-order valence-corrected chi connectivity index (χ0v) is 12.0. The molecule has 2 rings (SSSR count). The Morgan fingerprint density at radius 1 is 0.952 bits per heavy atom. The van der Waals surface area contributed by atoms with E-state index in [1.165, 1.54) is 12.1 Å². The van der Waals surface area contributed by atoms with Gasteiger partial charge in [0.05, 0.1) is 5.56 Å². The SMILES string of the molecule is Cc1ccc(C(=O)NCc2ccc(C(=O)O)cc2)cc1C. The third-order valence-corrected chi connectivity index (χ3v) is 3.42. The van der Waals surface area contributed by atoms with Crippen molar-refractivity contribution in [2.24, 2.45) is 0 Å². The molecule has 1 amide bonds. The molecular formula is C17H17NO3. The van der Waals surface area contributed by atoms with Crippen LogP contribution < -0.4 is 5.32 Å². The van der Waals surface area contributed by atoms with E-state index in [1.807, 2.05) is 26.0 Å². The number of carboxylic acids is 1. The molecule has 0 unspecified atom stereocenters. The van der Waals surface area contributed by atoms with Gasteiger partial charge in [0, 0.05) is 12.1 Å². The molecule has 108 valence electrons. The van der Waals surface area contributed by atoms with Gasteiger partial charge in [-0.2, -0.15) is 0 Å². The summed E-state index contributed by atoms with van der Waals surface area (Å²) in [5, 5.41) is 11.6. The van der Waals surface area contributed by atoms with Crippen LogP contribution in [-0.2, 0) is 6.54 Å². The van der Waals surface area contributed by atoms with Crippen molar-refractivity contribution in [3.05, 3.63) is 70.3 Å². The van der Waals surface area contributed by atoms with E-state index >= 15 is 0 Å². The highest BCUT2D eigenvalue weighted by Crippen LogP contribution is 2.10. The first-order chi connectivity index (χ1) is 9.97. The monoisotopic (exact) mass is 283 g/mol. The van der Waals surface area contributed by atoms with Crippen LogP contribution >= 0.6 is 0 Å². The Morgan fingerprint density at radius 2 is 1.57 bits per heavy atom. The second-order valence-corrected chi connectivity index (χ2v) is 4.98. The maximum atomic E-state index is 12.1. The van der Waals surface area contributed by atoms with Crippen molar-refractivity contribution in [2.75, 3.05) is 0 Å². The Balaban J connectivity index is 2.00. The Kier molecular flexibility index (Phi) is 4.38. The summed E-state index contributed by atoms with van der Waals surface area (Å²) < 4.78 is 0. The van der Waals surface area contributed by atoms with Gasteiger partial charge in [0.1, 0.15) is 0 Å². The summed E-state index contributed by atoms with van der Waals surface area (Å²) in [6.45, 7) is 4.34. The maximum Gasteiger partial charge on any atom is 0.335 e. The molecule has 0 aliphatic heterocycles. The number of carbonyl (C=O) groups is 2. The Morgan fingerprint density at radius 3 is 2.14 bits per heavy atom. The molecule has 0 aliphatic rings. The maximum absolute atomic E-state index is 12.1. The molecule has 0 saturated carbocycles. The first-order valence-electron chi connectivity index (χ1n) is 6.65. The van der Waals surface area contributed by atoms with E-state index in [4.69, 9.17) is 5.11 Å². The number of nitrogens with one attached hydrogen (secondary N) is 1. The zero-order valence-electron chi connectivity index (χ0n) is 12.0. The molecule has 2 N–H and O–H groups in total. The molecule has 2 aromatic carbocycles. The first-order valence-corrected chi connectivity index (χ1v) is 6.65. The lowest BCUT2D eigenvalue weighted by Crippen LogP contribution is -2.22. The van der Waals surface area contributed by atoms with Gasteiger partial charge in [-0.15, -0.1) is 0 Å². The van der Waals surface area contributed by atoms with Crippen LogP contribution in [0.25, 0.3) is 0 Å². The van der Waals surface area contributed by atoms with E-state index in [0.717, 1.165) is 16.7 Å². The molecule has 0 aromatic heterocycles. The molecule has 21 heavy (non-hydrogen) atoms. The standard InChI is InChI=1S/C17H17NO3/c1-11-3-6-15(9-12(11)2)16(19)18-10-13-4-7-14(8-5-13)17(20)21/h3-9H,10H2,1-2H3,(H,18,19)(H,20,21). The van der Waals surface area contributed by atoms with Crippen LogP contribution in [0.2, 0.25) is 0 Å². The first kappa shape index (κ1) is 14.8. The largest absolute Gasteiger partial charge is 0.478 e. The van der Waals surface area contributed by atoms with Crippen LogP contribution in [0, 0.1) is 13.8 Å². The predicted octanol–water partition coefficient (Wildman–Crippen LogP) is 2.93. The molecule has 2 aromatic rings. The van der Waals surface area contributed by atoms with Gasteiger partial charge in [0.25, 0.3) is 5.91 Å². The number of amides is 1. The van der Waals surface area contributed by atoms with E-state index in [9.17, 15) is 9.59 Å². The van der Waals surface area contributed by atoms with E-state index in [0.29, 0.717) is 12.1 Å². The van der Waals surface area contributed by atoms with Gasteiger partial charge in [-0.1, -0.05) is 18.2 Å². The molecule has 0 fully saturated rings. The zero-order chi connectivity index (χ0) is 15.4.